The molecule has 0 amide bonds. The van der Waals surface area contributed by atoms with Gasteiger partial charge in [-0.15, -0.1) is 0 Å². The predicted molar refractivity (Wildman–Crippen MR) is 103 cm³/mol. The molecule has 2 N–H and O–H groups in total. The van der Waals surface area contributed by atoms with Crippen molar-refractivity contribution in [1.29, 1.82) is 0 Å². The normalized spacial score (nSPS) is 34.0. The number of fused-ring (bicyclic) bond motifs is 3. The van der Waals surface area contributed by atoms with E-state index in [1.165, 1.54) is 68.4 Å². The maximum absolute atomic E-state index is 2.51. The zero-order chi connectivity index (χ0) is 16.6. The molecule has 0 radical (unpaired) electrons. The molecule has 2 bridgehead atoms. The Balaban J connectivity index is 1.18. The van der Waals surface area contributed by atoms with Crippen molar-refractivity contribution in [2.45, 2.75) is 19.4 Å². The summed E-state index contributed by atoms with van der Waals surface area (Å²) in [5.41, 5.74) is 1.52. The highest BCUT2D eigenvalue weighted by Crippen LogP contribution is 2.42. The van der Waals surface area contributed by atoms with Crippen LogP contribution in [0.25, 0.3) is 10.8 Å². The molecule has 1 aliphatic heterocycles. The van der Waals surface area contributed by atoms with Gasteiger partial charge in [-0.05, 0) is 35.4 Å². The van der Waals surface area contributed by atoms with Gasteiger partial charge in [-0.2, -0.15) is 0 Å². The Morgan fingerprint density at radius 1 is 0.800 bits per heavy atom. The van der Waals surface area contributed by atoms with Gasteiger partial charge in [0.05, 0.1) is 6.54 Å². The lowest BCUT2D eigenvalue weighted by atomic mass is 9.93. The molecule has 2 aromatic rings. The van der Waals surface area contributed by atoms with Crippen LogP contribution in [-0.2, 0) is 6.54 Å². The van der Waals surface area contributed by atoms with E-state index in [-0.39, 0.29) is 0 Å². The Kier molecular flexibility index (Phi) is 4.11. The summed E-state index contributed by atoms with van der Waals surface area (Å²) in [6.07, 6.45) is 7.91. The lowest BCUT2D eigenvalue weighted by Gasteiger charge is -2.32. The fourth-order valence-corrected chi connectivity index (χ4v) is 5.55. The lowest BCUT2D eigenvalue weighted by molar-refractivity contribution is -1.02. The van der Waals surface area contributed by atoms with Crippen molar-refractivity contribution in [2.24, 2.45) is 17.8 Å². The average molecular weight is 335 g/mol. The summed E-state index contributed by atoms with van der Waals surface area (Å²) in [5, 5.41) is 2.83. The first-order valence-electron chi connectivity index (χ1n) is 10.2. The topological polar surface area (TPSA) is 8.88 Å². The van der Waals surface area contributed by atoms with Gasteiger partial charge in [0.1, 0.15) is 32.7 Å². The molecule has 1 saturated carbocycles. The molecular weight excluding hydrogens is 304 g/mol. The predicted octanol–water partition coefficient (Wildman–Crippen LogP) is 1.34. The summed E-state index contributed by atoms with van der Waals surface area (Å²) < 4.78 is 0. The van der Waals surface area contributed by atoms with Crippen molar-refractivity contribution in [3.8, 4) is 0 Å². The first-order chi connectivity index (χ1) is 12.3. The summed E-state index contributed by atoms with van der Waals surface area (Å²) in [4.78, 5) is 3.64. The van der Waals surface area contributed by atoms with Crippen LogP contribution in [0.15, 0.2) is 54.6 Å². The highest BCUT2D eigenvalue weighted by molar-refractivity contribution is 5.85. The standard InChI is InChI=1S/C23H28N2/c1-2-7-23-19(4-1)5-3-6-21(23)16-24-10-12-25(13-11-24)17-22-15-18-8-9-20(22)14-18/h1-9,18,20,22H,10-17H2/p+2/t18-,20-,22+/m0/s1. The van der Waals surface area contributed by atoms with E-state index in [0.29, 0.717) is 0 Å². The molecule has 0 aromatic heterocycles. The fourth-order valence-electron chi connectivity index (χ4n) is 5.55. The number of hydrogen-bond acceptors (Lipinski definition) is 0. The molecule has 3 atom stereocenters. The zero-order valence-electron chi connectivity index (χ0n) is 15.1. The molecule has 1 saturated heterocycles. The van der Waals surface area contributed by atoms with Crippen LogP contribution in [0.2, 0.25) is 0 Å². The number of piperazine rings is 1. The molecule has 2 aliphatic carbocycles. The molecular formula is C23H30N2+2. The minimum Gasteiger partial charge on any atom is -0.325 e. The smallest absolute Gasteiger partial charge is 0.127 e. The molecule has 3 aliphatic rings. The summed E-state index contributed by atoms with van der Waals surface area (Å²) in [5.74, 6) is 2.82. The van der Waals surface area contributed by atoms with Crippen LogP contribution in [0.5, 0.6) is 0 Å². The summed E-state index contributed by atoms with van der Waals surface area (Å²) >= 11 is 0. The second-order valence-electron chi connectivity index (χ2n) is 8.56. The van der Waals surface area contributed by atoms with Gasteiger partial charge in [-0.1, -0.05) is 54.6 Å². The van der Waals surface area contributed by atoms with Gasteiger partial charge in [0.15, 0.2) is 0 Å². The van der Waals surface area contributed by atoms with Crippen molar-refractivity contribution in [2.75, 3.05) is 32.7 Å². The summed E-state index contributed by atoms with van der Waals surface area (Å²) in [6, 6.07) is 15.6. The van der Waals surface area contributed by atoms with Crippen LogP contribution in [0.1, 0.15) is 18.4 Å². The molecule has 130 valence electrons. The van der Waals surface area contributed by atoms with E-state index < -0.39 is 0 Å². The number of benzene rings is 2. The second-order valence-corrected chi connectivity index (χ2v) is 8.56. The monoisotopic (exact) mass is 334 g/mol. The van der Waals surface area contributed by atoms with E-state index in [9.17, 15) is 0 Å². The third-order valence-electron chi connectivity index (χ3n) is 6.95. The van der Waals surface area contributed by atoms with Crippen LogP contribution in [-0.4, -0.2) is 32.7 Å². The maximum Gasteiger partial charge on any atom is 0.127 e. The van der Waals surface area contributed by atoms with E-state index >= 15 is 0 Å². The number of quaternary nitrogens is 2. The van der Waals surface area contributed by atoms with Crippen molar-refractivity contribution >= 4 is 10.8 Å². The third kappa shape index (κ3) is 3.14. The van der Waals surface area contributed by atoms with Crippen molar-refractivity contribution in [3.05, 3.63) is 60.2 Å². The van der Waals surface area contributed by atoms with Crippen LogP contribution < -0.4 is 9.80 Å². The second kappa shape index (κ2) is 6.59. The molecule has 2 nitrogen and oxygen atoms in total. The number of rotatable bonds is 4. The van der Waals surface area contributed by atoms with Crippen LogP contribution in [0, 0.1) is 17.8 Å². The van der Waals surface area contributed by atoms with Crippen LogP contribution in [0.4, 0.5) is 0 Å². The zero-order valence-corrected chi connectivity index (χ0v) is 15.1. The Hall–Kier alpha value is -1.64. The van der Waals surface area contributed by atoms with Gasteiger partial charge in [0.2, 0.25) is 0 Å². The Morgan fingerprint density at radius 3 is 2.40 bits per heavy atom. The molecule has 0 unspecified atom stereocenters. The highest BCUT2D eigenvalue weighted by atomic mass is 15.3. The fraction of sp³-hybridized carbons (Fsp3) is 0.478. The number of allylic oxidation sites excluding steroid dienone is 2. The minimum atomic E-state index is 0.915. The van der Waals surface area contributed by atoms with E-state index in [1.54, 1.807) is 4.90 Å². The van der Waals surface area contributed by atoms with E-state index in [1.807, 2.05) is 4.90 Å². The van der Waals surface area contributed by atoms with E-state index in [4.69, 9.17) is 0 Å². The molecule has 0 spiro atoms. The first-order valence-corrected chi connectivity index (χ1v) is 10.2. The molecule has 5 rings (SSSR count). The number of nitrogens with one attached hydrogen (secondary N) is 2. The minimum absolute atomic E-state index is 0.915. The molecule has 25 heavy (non-hydrogen) atoms. The molecule has 2 aromatic carbocycles. The summed E-state index contributed by atoms with van der Waals surface area (Å²) in [7, 11) is 0. The largest absolute Gasteiger partial charge is 0.325 e. The Morgan fingerprint density at radius 2 is 1.60 bits per heavy atom. The first kappa shape index (κ1) is 15.6. The van der Waals surface area contributed by atoms with Gasteiger partial charge in [-0.25, -0.2) is 0 Å². The van der Waals surface area contributed by atoms with Crippen molar-refractivity contribution in [3.63, 3.8) is 0 Å². The molecule has 2 heteroatoms. The van der Waals surface area contributed by atoms with Gasteiger partial charge in [-0.3, -0.25) is 0 Å². The molecule has 2 fully saturated rings. The van der Waals surface area contributed by atoms with E-state index in [0.717, 1.165) is 17.8 Å². The quantitative estimate of drug-likeness (QED) is 0.781. The van der Waals surface area contributed by atoms with Gasteiger partial charge >= 0.3 is 0 Å². The number of hydrogen-bond donors (Lipinski definition) is 2. The van der Waals surface area contributed by atoms with Crippen LogP contribution in [0.3, 0.4) is 0 Å². The SMILES string of the molecule is C1=C[C@H]2C[C@H]1C[C@@H]2C[NH+]1CC[NH+](Cc2cccc3ccccc23)CC1. The third-order valence-corrected chi connectivity index (χ3v) is 6.95. The van der Waals surface area contributed by atoms with Gasteiger partial charge in [0, 0.05) is 11.5 Å². The van der Waals surface area contributed by atoms with Crippen molar-refractivity contribution in [1.82, 2.24) is 0 Å². The lowest BCUT2D eigenvalue weighted by Crippen LogP contribution is -3.27. The Bertz CT molecular complexity index is 767. The molecule has 1 heterocycles. The van der Waals surface area contributed by atoms with Crippen LogP contribution >= 0.6 is 0 Å². The van der Waals surface area contributed by atoms with E-state index in [2.05, 4.69) is 54.6 Å². The van der Waals surface area contributed by atoms with Gasteiger partial charge < -0.3 is 9.80 Å². The van der Waals surface area contributed by atoms with Crippen molar-refractivity contribution < 1.29 is 9.80 Å². The maximum atomic E-state index is 2.51. The highest BCUT2D eigenvalue weighted by Gasteiger charge is 2.38. The van der Waals surface area contributed by atoms with Gasteiger partial charge in [0.25, 0.3) is 0 Å². The summed E-state index contributed by atoms with van der Waals surface area (Å²) in [6.45, 7) is 7.98. The average Bonchev–Trinajstić information content (AvgIpc) is 3.27. The Labute approximate surface area is 151 Å².